The van der Waals surface area contributed by atoms with Gasteiger partial charge in [-0.25, -0.2) is 14.2 Å². The lowest BCUT2D eigenvalue weighted by Crippen LogP contribution is -2.46. The van der Waals surface area contributed by atoms with Crippen molar-refractivity contribution in [3.63, 3.8) is 0 Å². The van der Waals surface area contributed by atoms with Gasteiger partial charge in [0.05, 0.1) is 17.9 Å². The molecule has 0 unspecified atom stereocenters. The highest BCUT2D eigenvalue weighted by Crippen LogP contribution is 2.19. The van der Waals surface area contributed by atoms with Crippen molar-refractivity contribution in [1.82, 2.24) is 34.7 Å². The van der Waals surface area contributed by atoms with Gasteiger partial charge in [-0.3, -0.25) is 9.98 Å². The number of fused-ring (bicyclic) bond motifs is 1. The van der Waals surface area contributed by atoms with E-state index in [0.717, 1.165) is 24.0 Å². The number of hydrogen-bond donors (Lipinski definition) is 3. The van der Waals surface area contributed by atoms with Crippen LogP contribution in [0.3, 0.4) is 0 Å². The minimum absolute atomic E-state index is 0.360. The molecule has 11 heteroatoms. The highest BCUT2D eigenvalue weighted by molar-refractivity contribution is 6.11. The van der Waals surface area contributed by atoms with Crippen LogP contribution in [0.1, 0.15) is 12.0 Å². The van der Waals surface area contributed by atoms with Gasteiger partial charge in [-0.2, -0.15) is 10.2 Å². The van der Waals surface area contributed by atoms with Crippen molar-refractivity contribution in [2.45, 2.75) is 12.5 Å². The van der Waals surface area contributed by atoms with Gasteiger partial charge in [0.1, 0.15) is 12.3 Å². The van der Waals surface area contributed by atoms with Crippen molar-refractivity contribution in [2.75, 3.05) is 25.5 Å². The van der Waals surface area contributed by atoms with Crippen LogP contribution in [0.25, 0.3) is 11.3 Å². The molecule has 5 heterocycles. The summed E-state index contributed by atoms with van der Waals surface area (Å²) in [6.07, 6.45) is 11.2. The van der Waals surface area contributed by atoms with Crippen molar-refractivity contribution in [3.8, 4) is 5.82 Å². The van der Waals surface area contributed by atoms with Gasteiger partial charge in [-0.1, -0.05) is 0 Å². The minimum atomic E-state index is 0.360. The van der Waals surface area contributed by atoms with E-state index in [2.05, 4.69) is 35.8 Å². The summed E-state index contributed by atoms with van der Waals surface area (Å²) in [5.41, 5.74) is 8.30. The van der Waals surface area contributed by atoms with Crippen LogP contribution in [-0.2, 0) is 4.74 Å². The van der Waals surface area contributed by atoms with Crippen LogP contribution < -0.4 is 16.4 Å². The molecule has 4 N–H and O–H groups in total. The Labute approximate surface area is 190 Å². The first-order chi connectivity index (χ1) is 16.2. The molecule has 0 radical (unpaired) electrons. The lowest BCUT2D eigenvalue weighted by molar-refractivity contribution is 0.162. The Morgan fingerprint density at radius 3 is 2.97 bits per heavy atom. The predicted molar refractivity (Wildman–Crippen MR) is 125 cm³/mol. The molecule has 11 nitrogen and oxygen atoms in total. The van der Waals surface area contributed by atoms with Crippen LogP contribution in [0.2, 0.25) is 0 Å². The zero-order chi connectivity index (χ0) is 22.6. The second-order valence-electron chi connectivity index (χ2n) is 7.51. The Morgan fingerprint density at radius 1 is 1.33 bits per heavy atom. The smallest absolute Gasteiger partial charge is 0.173 e. The fraction of sp³-hybridized carbons (Fsp3) is 0.227. The largest absolute Gasteiger partial charge is 0.488 e. The van der Waals surface area contributed by atoms with E-state index < -0.39 is 0 Å². The van der Waals surface area contributed by atoms with E-state index in [1.807, 2.05) is 36.7 Å². The number of rotatable bonds is 8. The molecular weight excluding hydrogens is 420 g/mol. The summed E-state index contributed by atoms with van der Waals surface area (Å²) in [6, 6.07) is 8.03. The zero-order valence-corrected chi connectivity index (χ0v) is 18.1. The second-order valence-corrected chi connectivity index (χ2v) is 7.51. The lowest BCUT2D eigenvalue weighted by Gasteiger charge is -2.28. The summed E-state index contributed by atoms with van der Waals surface area (Å²) >= 11 is 0. The summed E-state index contributed by atoms with van der Waals surface area (Å²) in [5.74, 6) is 2.36. The number of nitrogens with two attached hydrogens (primary N) is 1. The number of aromatic nitrogens is 6. The van der Waals surface area contributed by atoms with Gasteiger partial charge in [0.25, 0.3) is 0 Å². The predicted octanol–water partition coefficient (Wildman–Crippen LogP) is 1.65. The van der Waals surface area contributed by atoms with E-state index in [1.165, 1.54) is 6.20 Å². The fourth-order valence-corrected chi connectivity index (χ4v) is 3.52. The average Bonchev–Trinajstić information content (AvgIpc) is 3.47. The van der Waals surface area contributed by atoms with Gasteiger partial charge in [0, 0.05) is 49.5 Å². The van der Waals surface area contributed by atoms with Crippen LogP contribution in [0.5, 0.6) is 0 Å². The molecule has 0 saturated carbocycles. The average molecular weight is 445 g/mol. The summed E-state index contributed by atoms with van der Waals surface area (Å²) in [6.45, 7) is 1.58. The van der Waals surface area contributed by atoms with Gasteiger partial charge < -0.3 is 21.1 Å². The van der Waals surface area contributed by atoms with Gasteiger partial charge >= 0.3 is 0 Å². The quantitative estimate of drug-likeness (QED) is 0.276. The number of allylic oxidation sites excluding steroid dienone is 1. The van der Waals surface area contributed by atoms with E-state index in [-0.39, 0.29) is 0 Å². The van der Waals surface area contributed by atoms with Gasteiger partial charge in [-0.15, -0.1) is 0 Å². The third kappa shape index (κ3) is 4.39. The highest BCUT2D eigenvalue weighted by Gasteiger charge is 2.19. The van der Waals surface area contributed by atoms with E-state index in [1.54, 1.807) is 34.8 Å². The van der Waals surface area contributed by atoms with Crippen LogP contribution in [-0.4, -0.2) is 61.3 Å². The third-order valence-corrected chi connectivity index (χ3v) is 5.33. The molecule has 0 aliphatic carbocycles. The van der Waals surface area contributed by atoms with Crippen molar-refractivity contribution in [2.24, 2.45) is 10.7 Å². The molecule has 1 aliphatic heterocycles. The van der Waals surface area contributed by atoms with Crippen LogP contribution in [0, 0.1) is 0 Å². The lowest BCUT2D eigenvalue weighted by atomic mass is 10.1. The third-order valence-electron chi connectivity index (χ3n) is 5.33. The molecule has 4 aromatic heterocycles. The molecule has 1 aliphatic rings. The molecule has 5 rings (SSSR count). The number of nitrogens with zero attached hydrogens (tertiary/aromatic N) is 7. The minimum Gasteiger partial charge on any atom is -0.488 e. The topological polar surface area (TPSA) is 133 Å². The number of aliphatic imine (C=N–C) groups is 1. The summed E-state index contributed by atoms with van der Waals surface area (Å²) < 4.78 is 9.34. The number of pyridine rings is 1. The molecule has 1 atom stereocenters. The zero-order valence-electron chi connectivity index (χ0n) is 18.1. The maximum Gasteiger partial charge on any atom is 0.173 e. The number of ether oxygens (including phenoxy) is 1. The van der Waals surface area contributed by atoms with Crippen LogP contribution in [0.15, 0.2) is 72.2 Å². The molecule has 1 saturated heterocycles. The van der Waals surface area contributed by atoms with E-state index in [4.69, 9.17) is 10.5 Å². The normalized spacial score (nSPS) is 16.6. The number of nitrogens with one attached hydrogen (secondary N) is 2. The van der Waals surface area contributed by atoms with E-state index in [0.29, 0.717) is 41.6 Å². The number of anilines is 2. The molecule has 4 aromatic rings. The second kappa shape index (κ2) is 9.09. The fourth-order valence-electron chi connectivity index (χ4n) is 3.52. The van der Waals surface area contributed by atoms with Crippen molar-refractivity contribution < 1.29 is 4.74 Å². The Hall–Kier alpha value is -4.25. The Morgan fingerprint density at radius 2 is 2.24 bits per heavy atom. The first-order valence-corrected chi connectivity index (χ1v) is 10.6. The molecule has 0 aromatic carbocycles. The maximum atomic E-state index is 5.93. The van der Waals surface area contributed by atoms with Crippen molar-refractivity contribution in [1.29, 1.82) is 0 Å². The first-order valence-electron chi connectivity index (χ1n) is 10.6. The Balaban J connectivity index is 1.35. The van der Waals surface area contributed by atoms with Crippen molar-refractivity contribution >= 4 is 22.9 Å². The SMILES string of the molecule is CN=C(/C(=C\N)OC[C@H]1CCN1)c1ccn2nc(Nc3cncc(-n4cccn4)n3)cc2c1. The number of hydrogen-bond acceptors (Lipinski definition) is 9. The van der Waals surface area contributed by atoms with Gasteiger partial charge in [0.2, 0.25) is 0 Å². The molecule has 33 heavy (non-hydrogen) atoms. The molecule has 0 amide bonds. The molecule has 168 valence electrons. The van der Waals surface area contributed by atoms with Gasteiger partial charge in [-0.05, 0) is 31.2 Å². The molecule has 1 fully saturated rings. The monoisotopic (exact) mass is 444 g/mol. The molecular formula is C22H24N10O. The maximum absolute atomic E-state index is 5.93. The highest BCUT2D eigenvalue weighted by atomic mass is 16.5. The van der Waals surface area contributed by atoms with Crippen molar-refractivity contribution in [3.05, 3.63) is 72.8 Å². The molecule has 0 spiro atoms. The van der Waals surface area contributed by atoms with E-state index in [9.17, 15) is 0 Å². The van der Waals surface area contributed by atoms with Crippen LogP contribution >= 0.6 is 0 Å². The summed E-state index contributed by atoms with van der Waals surface area (Å²) in [4.78, 5) is 13.2. The standard InChI is InChI=1S/C22H24N10O/c1-24-22(18(11-23)33-14-16-3-6-26-16)15-4-8-31-17(9-15)10-19(30-31)28-20-12-25-13-21(29-20)32-7-2-5-27-32/h2,4-5,7-13,16,26H,3,6,14,23H2,1H3,(H,28,29,30)/b18-11+,24-22?/t16-/m1/s1. The van der Waals surface area contributed by atoms with Gasteiger partial charge in [0.15, 0.2) is 23.2 Å². The first kappa shape index (κ1) is 20.6. The summed E-state index contributed by atoms with van der Waals surface area (Å²) in [7, 11) is 1.72. The Bertz CT molecular complexity index is 1300. The summed E-state index contributed by atoms with van der Waals surface area (Å²) in [5, 5.41) is 15.3. The Kier molecular flexibility index (Phi) is 5.68. The van der Waals surface area contributed by atoms with E-state index >= 15 is 0 Å². The molecule has 0 bridgehead atoms. The van der Waals surface area contributed by atoms with Crippen LogP contribution in [0.4, 0.5) is 11.6 Å².